The number of imide groups is 1. The summed E-state index contributed by atoms with van der Waals surface area (Å²) in [6, 6.07) is 10.2. The second-order valence-corrected chi connectivity index (χ2v) is 7.95. The van der Waals surface area contributed by atoms with E-state index in [2.05, 4.69) is 22.5 Å². The molecule has 2 unspecified atom stereocenters. The van der Waals surface area contributed by atoms with Crippen LogP contribution in [0.5, 0.6) is 5.75 Å². The molecule has 1 fully saturated rings. The molecule has 0 saturated carbocycles. The Labute approximate surface area is 197 Å². The van der Waals surface area contributed by atoms with Gasteiger partial charge in [0.05, 0.1) is 7.11 Å². The number of fused-ring (bicyclic) bond motifs is 1. The highest BCUT2D eigenvalue weighted by molar-refractivity contribution is 7.81. The van der Waals surface area contributed by atoms with Crippen LogP contribution in [0.15, 0.2) is 42.5 Å². The van der Waals surface area contributed by atoms with E-state index < -0.39 is 35.1 Å². The van der Waals surface area contributed by atoms with Crippen LogP contribution in [0.1, 0.15) is 31.8 Å². The van der Waals surface area contributed by atoms with Gasteiger partial charge in [-0.15, -0.1) is 0 Å². The van der Waals surface area contributed by atoms with E-state index in [0.29, 0.717) is 12.1 Å². The molecule has 5 N–H and O–H groups in total. The van der Waals surface area contributed by atoms with E-state index in [9.17, 15) is 23.4 Å². The monoisotopic (exact) mass is 483 g/mol. The van der Waals surface area contributed by atoms with Gasteiger partial charge in [-0.1, -0.05) is 17.9 Å². The van der Waals surface area contributed by atoms with Gasteiger partial charge in [0.2, 0.25) is 0 Å². The van der Waals surface area contributed by atoms with Crippen molar-refractivity contribution in [2.45, 2.75) is 12.6 Å². The van der Waals surface area contributed by atoms with Crippen LogP contribution in [-0.4, -0.2) is 53.1 Å². The molecular weight excluding hydrogens is 462 g/mol. The molecule has 1 saturated heterocycles. The van der Waals surface area contributed by atoms with Crippen molar-refractivity contribution in [2.24, 2.45) is 5.14 Å². The van der Waals surface area contributed by atoms with Crippen LogP contribution in [-0.2, 0) is 22.5 Å². The fraction of sp³-hybridized carbons (Fsp3) is 0.182. The highest BCUT2D eigenvalue weighted by Crippen LogP contribution is 2.25. The zero-order valence-corrected chi connectivity index (χ0v) is 19.0. The summed E-state index contributed by atoms with van der Waals surface area (Å²) in [6.07, 6.45) is 0. The molecule has 176 valence electrons. The highest BCUT2D eigenvalue weighted by Gasteiger charge is 2.27. The number of hydrogen-bond donors (Lipinski definition) is 4. The van der Waals surface area contributed by atoms with E-state index in [-0.39, 0.29) is 11.5 Å². The molecule has 4 rings (SSSR count). The largest absolute Gasteiger partial charge is 0.497 e. The Bertz CT molecular complexity index is 1230. The molecule has 11 nitrogen and oxygen atoms in total. The van der Waals surface area contributed by atoms with E-state index in [1.807, 2.05) is 16.9 Å². The maximum atomic E-state index is 11.5. The lowest BCUT2D eigenvalue weighted by Crippen LogP contribution is -2.30. The Balaban J connectivity index is 0.000000212. The maximum Gasteiger partial charge on any atom is 0.322 e. The van der Waals surface area contributed by atoms with Crippen molar-refractivity contribution in [2.75, 3.05) is 14.2 Å². The molecule has 12 heteroatoms. The van der Waals surface area contributed by atoms with Gasteiger partial charge in [-0.3, -0.25) is 24.4 Å². The molecule has 2 aromatic rings. The van der Waals surface area contributed by atoms with Gasteiger partial charge in [-0.25, -0.2) is 14.1 Å². The first-order valence-corrected chi connectivity index (χ1v) is 11.0. The lowest BCUT2D eigenvalue weighted by Gasteiger charge is -2.04. The summed E-state index contributed by atoms with van der Waals surface area (Å²) in [5, 5.41) is 9.35. The first kappa shape index (κ1) is 24.4. The van der Waals surface area contributed by atoms with Crippen molar-refractivity contribution in [1.29, 1.82) is 0 Å². The van der Waals surface area contributed by atoms with Crippen molar-refractivity contribution >= 4 is 34.9 Å². The van der Waals surface area contributed by atoms with Gasteiger partial charge in [0.15, 0.2) is 17.2 Å². The maximum absolute atomic E-state index is 11.5. The molecular formula is C22H21N5O6S. The number of nitrogens with one attached hydrogen (secondary N) is 3. The Morgan fingerprint density at radius 1 is 1.21 bits per heavy atom. The van der Waals surface area contributed by atoms with Crippen molar-refractivity contribution in [3.63, 3.8) is 0 Å². The molecule has 34 heavy (non-hydrogen) atoms. The summed E-state index contributed by atoms with van der Waals surface area (Å²) >= 11 is -1.93. The average molecular weight is 484 g/mol. The second-order valence-electron chi connectivity index (χ2n) is 7.16. The highest BCUT2D eigenvalue weighted by atomic mass is 32.2. The summed E-state index contributed by atoms with van der Waals surface area (Å²) in [4.78, 5) is 46.9. The normalized spacial score (nSPS) is 16.7. The number of nitrogens with two attached hydrogens (primary N) is 1. The van der Waals surface area contributed by atoms with E-state index in [0.717, 1.165) is 16.9 Å². The van der Waals surface area contributed by atoms with E-state index in [1.54, 1.807) is 37.3 Å². The van der Waals surface area contributed by atoms with Gasteiger partial charge in [-0.2, -0.15) is 0 Å². The Hall–Kier alpha value is -4.21. The summed E-state index contributed by atoms with van der Waals surface area (Å²) in [5.41, 5.74) is 2.66. The minimum atomic E-state index is -1.93. The molecule has 0 aliphatic carbocycles. The Kier molecular flexibility index (Phi) is 7.62. The van der Waals surface area contributed by atoms with Gasteiger partial charge in [-0.05, 0) is 42.0 Å². The molecule has 0 bridgehead atoms. The lowest BCUT2D eigenvalue weighted by molar-refractivity contribution is -0.119. The predicted molar refractivity (Wildman–Crippen MR) is 122 cm³/mol. The molecule has 0 radical (unpaired) electrons. The Morgan fingerprint density at radius 2 is 1.91 bits per heavy atom. The standard InChI is InChI=1S/C12H10N4O4S.C10H11NO2/c13-21(20)16-10(17)8-4-1-7(2-5-8)3-6-9-11(18)15-12(19)14-9;1-11-6-7-3-4-8(13-2)5-9(7)10(11)12/h1-2,4-5,9H,13H2,(H,16,17)(H2,14,15,18,19);3-5H,6H2,1-2H3. The van der Waals surface area contributed by atoms with E-state index in [1.165, 1.54) is 12.1 Å². The molecule has 2 atom stereocenters. The SMILES string of the molecule is COc1ccc2c(c1)C(=O)N(C)C2.NS(=O)NC(=O)c1ccc(C#CC2NC(=O)NC2=O)cc1. The summed E-state index contributed by atoms with van der Waals surface area (Å²) < 4.78 is 17.8. The number of ether oxygens (including phenoxy) is 1. The van der Waals surface area contributed by atoms with Gasteiger partial charge < -0.3 is 15.0 Å². The quantitative estimate of drug-likeness (QED) is 0.349. The minimum absolute atomic E-state index is 0.0777. The van der Waals surface area contributed by atoms with Crippen LogP contribution in [0.3, 0.4) is 0 Å². The van der Waals surface area contributed by atoms with Gasteiger partial charge in [0.25, 0.3) is 17.7 Å². The van der Waals surface area contributed by atoms with Crippen LogP contribution in [0.4, 0.5) is 4.79 Å². The number of carbonyl (C=O) groups excluding carboxylic acids is 4. The van der Waals surface area contributed by atoms with Gasteiger partial charge in [0.1, 0.15) is 5.75 Å². The number of carbonyl (C=O) groups is 4. The molecule has 0 spiro atoms. The van der Waals surface area contributed by atoms with Gasteiger partial charge >= 0.3 is 6.03 Å². The number of methoxy groups -OCH3 is 1. The smallest absolute Gasteiger partial charge is 0.322 e. The minimum Gasteiger partial charge on any atom is -0.497 e. The number of rotatable bonds is 3. The van der Waals surface area contributed by atoms with Crippen LogP contribution in [0.25, 0.3) is 0 Å². The zero-order chi connectivity index (χ0) is 24.8. The van der Waals surface area contributed by atoms with E-state index in [4.69, 9.17) is 9.88 Å². The fourth-order valence-electron chi connectivity index (χ4n) is 3.08. The molecule has 2 aliphatic heterocycles. The molecule has 2 heterocycles. The predicted octanol–water partition coefficient (Wildman–Crippen LogP) is -0.206. The zero-order valence-electron chi connectivity index (χ0n) is 18.2. The van der Waals surface area contributed by atoms with Crippen LogP contribution in [0.2, 0.25) is 0 Å². The second kappa shape index (κ2) is 10.6. The number of hydrogen-bond acceptors (Lipinski definition) is 6. The first-order valence-electron chi connectivity index (χ1n) is 9.80. The average Bonchev–Trinajstić information content (AvgIpc) is 3.28. The van der Waals surface area contributed by atoms with Crippen LogP contribution >= 0.6 is 0 Å². The van der Waals surface area contributed by atoms with Crippen molar-refractivity contribution in [3.05, 3.63) is 64.7 Å². The third-order valence-corrected chi connectivity index (χ3v) is 5.16. The first-order chi connectivity index (χ1) is 16.2. The number of urea groups is 1. The summed E-state index contributed by atoms with van der Waals surface area (Å²) in [5.74, 6) is 5.04. The number of amides is 5. The lowest BCUT2D eigenvalue weighted by atomic mass is 10.1. The van der Waals surface area contributed by atoms with Crippen LogP contribution < -0.4 is 25.2 Å². The van der Waals surface area contributed by atoms with Gasteiger partial charge in [0, 0.05) is 30.3 Å². The molecule has 2 aliphatic rings. The molecule has 2 aromatic carbocycles. The topological polar surface area (TPSA) is 160 Å². The van der Waals surface area contributed by atoms with E-state index >= 15 is 0 Å². The molecule has 0 aromatic heterocycles. The number of nitrogens with zero attached hydrogens (tertiary/aromatic N) is 1. The summed E-state index contributed by atoms with van der Waals surface area (Å²) in [6.45, 7) is 0.707. The van der Waals surface area contributed by atoms with Crippen molar-refractivity contribution < 1.29 is 28.1 Å². The third kappa shape index (κ3) is 5.97. The van der Waals surface area contributed by atoms with Crippen LogP contribution in [0, 0.1) is 11.8 Å². The number of benzene rings is 2. The van der Waals surface area contributed by atoms with Crippen molar-refractivity contribution in [1.82, 2.24) is 20.3 Å². The fourth-order valence-corrected chi connectivity index (χ4v) is 3.38. The Morgan fingerprint density at radius 3 is 2.50 bits per heavy atom. The third-order valence-electron chi connectivity index (χ3n) is 4.78. The molecule has 5 amide bonds. The summed E-state index contributed by atoms with van der Waals surface area (Å²) in [7, 11) is 3.40. The van der Waals surface area contributed by atoms with Crippen molar-refractivity contribution in [3.8, 4) is 17.6 Å².